The molecule has 2 atom stereocenters. The van der Waals surface area contributed by atoms with Crippen molar-refractivity contribution < 1.29 is 29.0 Å². The van der Waals surface area contributed by atoms with E-state index in [9.17, 15) is 14.4 Å². The molecule has 7 rings (SSSR count). The molecule has 7 heteroatoms. The predicted molar refractivity (Wildman–Crippen MR) is 223 cm³/mol. The van der Waals surface area contributed by atoms with Crippen molar-refractivity contribution in [1.29, 1.82) is 0 Å². The highest BCUT2D eigenvalue weighted by Crippen LogP contribution is 2.31. The summed E-state index contributed by atoms with van der Waals surface area (Å²) in [4.78, 5) is 36.0. The van der Waals surface area contributed by atoms with Crippen LogP contribution in [0.15, 0.2) is 189 Å². The van der Waals surface area contributed by atoms with E-state index in [1.807, 2.05) is 127 Å². The van der Waals surface area contributed by atoms with E-state index in [2.05, 4.69) is 13.2 Å². The number of ether oxygens (including phenoxy) is 2. The number of thioether (sulfide) groups is 1. The van der Waals surface area contributed by atoms with Gasteiger partial charge in [0.25, 0.3) is 0 Å². The monoisotopic (exact) mass is 746 g/mol. The minimum atomic E-state index is -0.894. The van der Waals surface area contributed by atoms with Gasteiger partial charge in [0, 0.05) is 0 Å². The molecule has 1 saturated heterocycles. The molecular weight excluding hydrogens is 705 g/mol. The fourth-order valence-corrected chi connectivity index (χ4v) is 6.90. The first-order valence-corrected chi connectivity index (χ1v) is 18.8. The molecule has 55 heavy (non-hydrogen) atoms. The molecule has 1 heterocycles. The molecule has 0 radical (unpaired) electrons. The van der Waals surface area contributed by atoms with Gasteiger partial charge in [0.05, 0.1) is 21.9 Å². The Morgan fingerprint density at radius 1 is 0.545 bits per heavy atom. The van der Waals surface area contributed by atoms with Crippen LogP contribution < -0.4 is 0 Å². The van der Waals surface area contributed by atoms with Gasteiger partial charge in [0.15, 0.2) is 0 Å². The van der Waals surface area contributed by atoms with Crippen molar-refractivity contribution in [3.8, 4) is 33.4 Å². The fraction of sp³-hybridized carbons (Fsp3) is 0.104. The summed E-state index contributed by atoms with van der Waals surface area (Å²) in [5, 5.41) is 8.67. The molecule has 0 saturated carbocycles. The summed E-state index contributed by atoms with van der Waals surface area (Å²) in [7, 11) is 0. The van der Waals surface area contributed by atoms with Crippen LogP contribution in [0.2, 0.25) is 0 Å². The van der Waals surface area contributed by atoms with Crippen molar-refractivity contribution in [3.63, 3.8) is 0 Å². The maximum atomic E-state index is 12.8. The molecule has 0 spiro atoms. The lowest BCUT2D eigenvalue weighted by molar-refractivity contribution is 0.0220. The van der Waals surface area contributed by atoms with Crippen LogP contribution in [0.3, 0.4) is 0 Å². The van der Waals surface area contributed by atoms with E-state index in [4.69, 9.17) is 14.6 Å². The third kappa shape index (κ3) is 11.8. The zero-order valence-corrected chi connectivity index (χ0v) is 31.1. The molecule has 6 aromatic carbocycles. The standard InChI is InChI=1S/C31H26O4S.C13H10O2.C4H6/c32-30(26-15-11-24(12-16-26)22-7-3-1-4-8-22)34-21-29-28(19-20-36-29)35-31(33)27-17-13-25(14-18-27)23-9-5-2-6-10-23;14-13(15)12-8-6-11(7-9-12)10-4-2-1-3-5-10;1-3-4-2/h1-18,28-29H,19-21H2;1-9H,(H,14,15);3-4H,1-2H2/t28?,29-;;/m1../s1. The van der Waals surface area contributed by atoms with Crippen molar-refractivity contribution in [2.24, 2.45) is 0 Å². The summed E-state index contributed by atoms with van der Waals surface area (Å²) in [6.07, 6.45) is 3.73. The molecule has 0 amide bonds. The number of carboxylic acid groups (broad SMARTS) is 1. The molecule has 1 N–H and O–H groups in total. The summed E-state index contributed by atoms with van der Waals surface area (Å²) in [6.45, 7) is 6.93. The second-order valence-electron chi connectivity index (χ2n) is 12.3. The topological polar surface area (TPSA) is 89.9 Å². The van der Waals surface area contributed by atoms with Gasteiger partial charge in [0.1, 0.15) is 12.7 Å². The smallest absolute Gasteiger partial charge is 0.338 e. The Morgan fingerprint density at radius 3 is 1.29 bits per heavy atom. The highest BCUT2D eigenvalue weighted by molar-refractivity contribution is 8.00. The molecule has 0 bridgehead atoms. The summed E-state index contributed by atoms with van der Waals surface area (Å²) in [6, 6.07) is 51.6. The van der Waals surface area contributed by atoms with E-state index in [1.165, 1.54) is 0 Å². The number of hydrogen-bond acceptors (Lipinski definition) is 6. The molecule has 1 aliphatic rings. The van der Waals surface area contributed by atoms with Crippen molar-refractivity contribution in [2.75, 3.05) is 12.4 Å². The Hall–Kier alpha value is -6.44. The molecule has 1 aliphatic heterocycles. The van der Waals surface area contributed by atoms with Crippen LogP contribution in [0, 0.1) is 0 Å². The second-order valence-corrected chi connectivity index (χ2v) is 13.7. The van der Waals surface area contributed by atoms with Gasteiger partial charge in [-0.15, -0.1) is 0 Å². The first-order chi connectivity index (χ1) is 26.9. The number of carbonyl (C=O) groups excluding carboxylic acids is 2. The Morgan fingerprint density at radius 2 is 0.909 bits per heavy atom. The highest BCUT2D eigenvalue weighted by atomic mass is 32.2. The van der Waals surface area contributed by atoms with Crippen molar-refractivity contribution in [2.45, 2.75) is 17.8 Å². The third-order valence-corrected chi connectivity index (χ3v) is 9.99. The fourth-order valence-electron chi connectivity index (χ4n) is 5.66. The van der Waals surface area contributed by atoms with E-state index in [1.54, 1.807) is 60.3 Å². The first kappa shape index (κ1) is 39.8. The maximum absolute atomic E-state index is 12.8. The van der Waals surface area contributed by atoms with Gasteiger partial charge in [-0.2, -0.15) is 11.8 Å². The van der Waals surface area contributed by atoms with Crippen molar-refractivity contribution in [3.05, 3.63) is 206 Å². The summed E-state index contributed by atoms with van der Waals surface area (Å²) >= 11 is 1.67. The molecule has 0 aliphatic carbocycles. The first-order valence-electron chi connectivity index (χ1n) is 17.8. The van der Waals surface area contributed by atoms with Gasteiger partial charge < -0.3 is 14.6 Å². The Balaban J connectivity index is 0.000000252. The van der Waals surface area contributed by atoms with E-state index in [-0.39, 0.29) is 29.9 Å². The number of esters is 2. The average molecular weight is 747 g/mol. The Labute approximate surface area is 326 Å². The summed E-state index contributed by atoms with van der Waals surface area (Å²) in [5.74, 6) is -0.757. The van der Waals surface area contributed by atoms with Gasteiger partial charge >= 0.3 is 17.9 Å². The van der Waals surface area contributed by atoms with Crippen LogP contribution >= 0.6 is 11.8 Å². The van der Waals surface area contributed by atoms with Crippen molar-refractivity contribution >= 4 is 29.7 Å². The number of hydrogen-bond donors (Lipinski definition) is 1. The van der Waals surface area contributed by atoms with Crippen LogP contribution in [0.25, 0.3) is 33.4 Å². The van der Waals surface area contributed by atoms with Crippen LogP contribution in [0.4, 0.5) is 0 Å². The minimum Gasteiger partial charge on any atom is -0.478 e. The zero-order chi connectivity index (χ0) is 38.8. The predicted octanol–water partition coefficient (Wildman–Crippen LogP) is 11.3. The van der Waals surface area contributed by atoms with Crippen LogP contribution in [-0.2, 0) is 9.47 Å². The Bertz CT molecular complexity index is 2130. The average Bonchev–Trinajstić information content (AvgIpc) is 3.70. The van der Waals surface area contributed by atoms with Crippen LogP contribution in [0.1, 0.15) is 37.5 Å². The van der Waals surface area contributed by atoms with E-state index < -0.39 is 5.97 Å². The number of rotatable bonds is 10. The molecule has 0 aromatic heterocycles. The van der Waals surface area contributed by atoms with Gasteiger partial charge in [-0.05, 0) is 82.0 Å². The number of benzene rings is 6. The number of aromatic carboxylic acids is 1. The quantitative estimate of drug-likeness (QED) is 0.110. The van der Waals surface area contributed by atoms with Crippen molar-refractivity contribution in [1.82, 2.24) is 0 Å². The second kappa shape index (κ2) is 20.7. The lowest BCUT2D eigenvalue weighted by atomic mass is 10.0. The molecule has 1 fully saturated rings. The maximum Gasteiger partial charge on any atom is 0.338 e. The zero-order valence-electron chi connectivity index (χ0n) is 30.3. The summed E-state index contributed by atoms with van der Waals surface area (Å²) < 4.78 is 11.4. The molecule has 276 valence electrons. The molecule has 1 unspecified atom stereocenters. The summed E-state index contributed by atoms with van der Waals surface area (Å²) in [5.41, 5.74) is 7.74. The largest absolute Gasteiger partial charge is 0.478 e. The van der Waals surface area contributed by atoms with Crippen LogP contribution in [-0.4, -0.2) is 46.7 Å². The lowest BCUT2D eigenvalue weighted by Crippen LogP contribution is -2.29. The number of allylic oxidation sites excluding steroid dienone is 2. The molecule has 6 nitrogen and oxygen atoms in total. The van der Waals surface area contributed by atoms with Gasteiger partial charge in [-0.1, -0.05) is 153 Å². The SMILES string of the molecule is C=CC=C.O=C(O)c1ccc(-c2ccccc2)cc1.O=C(OC[C@H]1SCCC1OC(=O)c1ccc(-c2ccccc2)cc1)c1ccc(-c2ccccc2)cc1. The van der Waals surface area contributed by atoms with Gasteiger partial charge in [-0.25, -0.2) is 14.4 Å². The highest BCUT2D eigenvalue weighted by Gasteiger charge is 2.32. The Kier molecular flexibility index (Phi) is 15.0. The van der Waals surface area contributed by atoms with Gasteiger partial charge in [-0.3, -0.25) is 0 Å². The number of carbonyl (C=O) groups is 3. The number of carboxylic acids is 1. The van der Waals surface area contributed by atoms with Crippen LogP contribution in [0.5, 0.6) is 0 Å². The molecule has 6 aromatic rings. The van der Waals surface area contributed by atoms with E-state index >= 15 is 0 Å². The third-order valence-electron chi connectivity index (χ3n) is 8.65. The van der Waals surface area contributed by atoms with E-state index in [0.29, 0.717) is 16.7 Å². The minimum absolute atomic E-state index is 0.0786. The van der Waals surface area contributed by atoms with E-state index in [0.717, 1.165) is 45.6 Å². The molecular formula is C48H42O6S. The lowest BCUT2D eigenvalue weighted by Gasteiger charge is -2.19. The normalized spacial score (nSPS) is 14.1. The van der Waals surface area contributed by atoms with Gasteiger partial charge in [0.2, 0.25) is 0 Å².